The van der Waals surface area contributed by atoms with Crippen molar-refractivity contribution >= 4 is 0 Å². The van der Waals surface area contributed by atoms with Gasteiger partial charge in [0.05, 0.1) is 0 Å². The quantitative estimate of drug-likeness (QED) is 0.781. The van der Waals surface area contributed by atoms with Crippen LogP contribution >= 0.6 is 0 Å². The molecule has 14 heavy (non-hydrogen) atoms. The maximum atomic E-state index is 4.41. The summed E-state index contributed by atoms with van der Waals surface area (Å²) in [4.78, 5) is 4.41. The van der Waals surface area contributed by atoms with E-state index in [1.54, 1.807) is 0 Å². The molecule has 2 aliphatic carbocycles. The minimum Gasteiger partial charge on any atom is -0.314 e. The molecule has 2 unspecified atom stereocenters. The van der Waals surface area contributed by atoms with E-state index in [0.29, 0.717) is 0 Å². The Bertz CT molecular complexity index is 305. The SMILES string of the molecule is c1ccc(C2CC2CNC2CC2)nc1. The first kappa shape index (κ1) is 8.42. The normalized spacial score (nSPS) is 30.3. The standard InChI is InChI=1S/C12H16N2/c1-2-6-13-12(3-1)11-7-9(11)8-14-10-4-5-10/h1-3,6,9-11,14H,4-5,7-8H2. The van der Waals surface area contributed by atoms with Crippen molar-refractivity contribution < 1.29 is 0 Å². The van der Waals surface area contributed by atoms with Gasteiger partial charge in [-0.05, 0) is 43.9 Å². The van der Waals surface area contributed by atoms with Gasteiger partial charge in [0.1, 0.15) is 0 Å². The van der Waals surface area contributed by atoms with E-state index in [0.717, 1.165) is 17.9 Å². The van der Waals surface area contributed by atoms with Gasteiger partial charge >= 0.3 is 0 Å². The van der Waals surface area contributed by atoms with E-state index in [4.69, 9.17) is 0 Å². The highest BCUT2D eigenvalue weighted by atomic mass is 15.0. The zero-order valence-corrected chi connectivity index (χ0v) is 8.32. The minimum absolute atomic E-state index is 0.738. The molecule has 0 aliphatic heterocycles. The smallest absolute Gasteiger partial charge is 0.0437 e. The number of nitrogens with one attached hydrogen (secondary N) is 1. The van der Waals surface area contributed by atoms with Gasteiger partial charge in [0.2, 0.25) is 0 Å². The lowest BCUT2D eigenvalue weighted by molar-refractivity contribution is 0.621. The summed E-state index contributed by atoms with van der Waals surface area (Å²) >= 11 is 0. The van der Waals surface area contributed by atoms with E-state index in [1.807, 2.05) is 12.3 Å². The van der Waals surface area contributed by atoms with Crippen LogP contribution < -0.4 is 5.32 Å². The third-order valence-corrected chi connectivity index (χ3v) is 3.24. The molecule has 3 rings (SSSR count). The van der Waals surface area contributed by atoms with Gasteiger partial charge in [-0.1, -0.05) is 6.07 Å². The molecule has 1 heterocycles. The average Bonchev–Trinajstić information content (AvgIpc) is 3.12. The van der Waals surface area contributed by atoms with Crippen LogP contribution in [0.4, 0.5) is 0 Å². The van der Waals surface area contributed by atoms with E-state index in [9.17, 15) is 0 Å². The Morgan fingerprint density at radius 2 is 2.29 bits per heavy atom. The van der Waals surface area contributed by atoms with Gasteiger partial charge in [-0.25, -0.2) is 0 Å². The summed E-state index contributed by atoms with van der Waals surface area (Å²) in [6.45, 7) is 1.20. The van der Waals surface area contributed by atoms with Crippen LogP contribution in [0.2, 0.25) is 0 Å². The first-order valence-corrected chi connectivity index (χ1v) is 5.58. The molecule has 0 bridgehead atoms. The van der Waals surface area contributed by atoms with E-state index in [-0.39, 0.29) is 0 Å². The zero-order valence-electron chi connectivity index (χ0n) is 8.32. The second-order valence-electron chi connectivity index (χ2n) is 4.54. The van der Waals surface area contributed by atoms with Crippen LogP contribution in [-0.4, -0.2) is 17.6 Å². The largest absolute Gasteiger partial charge is 0.314 e. The number of pyridine rings is 1. The molecule has 0 radical (unpaired) electrons. The number of hydrogen-bond donors (Lipinski definition) is 1. The van der Waals surface area contributed by atoms with E-state index >= 15 is 0 Å². The first-order chi connectivity index (χ1) is 6.93. The van der Waals surface area contributed by atoms with Crippen molar-refractivity contribution in [3.05, 3.63) is 30.1 Å². The van der Waals surface area contributed by atoms with E-state index in [1.165, 1.54) is 31.5 Å². The highest BCUT2D eigenvalue weighted by Crippen LogP contribution is 2.46. The summed E-state index contributed by atoms with van der Waals surface area (Å²) in [6, 6.07) is 7.08. The predicted molar refractivity (Wildman–Crippen MR) is 56.1 cm³/mol. The zero-order chi connectivity index (χ0) is 9.38. The Balaban J connectivity index is 1.52. The fourth-order valence-electron chi connectivity index (χ4n) is 2.04. The van der Waals surface area contributed by atoms with Crippen LogP contribution in [0.1, 0.15) is 30.9 Å². The molecule has 74 valence electrons. The summed E-state index contributed by atoms with van der Waals surface area (Å²) in [5.74, 6) is 1.59. The predicted octanol–water partition coefficient (Wildman–Crippen LogP) is 1.94. The highest BCUT2D eigenvalue weighted by molar-refractivity contribution is 5.18. The van der Waals surface area contributed by atoms with Crippen LogP contribution in [0.15, 0.2) is 24.4 Å². The lowest BCUT2D eigenvalue weighted by Gasteiger charge is -2.01. The fourth-order valence-corrected chi connectivity index (χ4v) is 2.04. The Morgan fingerprint density at radius 1 is 1.36 bits per heavy atom. The first-order valence-electron chi connectivity index (χ1n) is 5.58. The molecule has 0 aromatic carbocycles. The summed E-state index contributed by atoms with van der Waals surface area (Å²) < 4.78 is 0. The Morgan fingerprint density at radius 3 is 3.00 bits per heavy atom. The number of hydrogen-bond acceptors (Lipinski definition) is 2. The Kier molecular flexibility index (Phi) is 2.02. The molecule has 1 N–H and O–H groups in total. The number of rotatable bonds is 4. The molecular weight excluding hydrogens is 172 g/mol. The Labute approximate surface area is 84.7 Å². The third kappa shape index (κ3) is 1.80. The van der Waals surface area contributed by atoms with Crippen molar-refractivity contribution in [3.8, 4) is 0 Å². The molecule has 1 aromatic heterocycles. The monoisotopic (exact) mass is 188 g/mol. The van der Waals surface area contributed by atoms with E-state index < -0.39 is 0 Å². The summed E-state index contributed by atoms with van der Waals surface area (Å²) in [5, 5.41) is 3.59. The van der Waals surface area contributed by atoms with Crippen LogP contribution in [0, 0.1) is 5.92 Å². The number of nitrogens with zero attached hydrogens (tertiary/aromatic N) is 1. The van der Waals surface area contributed by atoms with Crippen LogP contribution in [0.3, 0.4) is 0 Å². The molecule has 2 heteroatoms. The molecule has 0 amide bonds. The second-order valence-corrected chi connectivity index (χ2v) is 4.54. The minimum atomic E-state index is 0.738. The molecule has 0 spiro atoms. The third-order valence-electron chi connectivity index (χ3n) is 3.24. The fraction of sp³-hybridized carbons (Fsp3) is 0.583. The molecule has 2 atom stereocenters. The van der Waals surface area contributed by atoms with Gasteiger partial charge in [0.15, 0.2) is 0 Å². The lowest BCUT2D eigenvalue weighted by Crippen LogP contribution is -2.19. The molecule has 2 saturated carbocycles. The van der Waals surface area contributed by atoms with Crippen LogP contribution in [0.25, 0.3) is 0 Å². The van der Waals surface area contributed by atoms with Gasteiger partial charge in [0.25, 0.3) is 0 Å². The van der Waals surface area contributed by atoms with Crippen molar-refractivity contribution in [2.75, 3.05) is 6.54 Å². The molecule has 1 aromatic rings. The highest BCUT2D eigenvalue weighted by Gasteiger charge is 2.39. The topological polar surface area (TPSA) is 24.9 Å². The Hall–Kier alpha value is -0.890. The van der Waals surface area contributed by atoms with Gasteiger partial charge in [-0.15, -0.1) is 0 Å². The van der Waals surface area contributed by atoms with Crippen molar-refractivity contribution in [3.63, 3.8) is 0 Å². The maximum Gasteiger partial charge on any atom is 0.0437 e. The molecule has 2 aliphatic rings. The van der Waals surface area contributed by atoms with E-state index in [2.05, 4.69) is 22.4 Å². The van der Waals surface area contributed by atoms with Crippen molar-refractivity contribution in [1.29, 1.82) is 0 Å². The van der Waals surface area contributed by atoms with Crippen LogP contribution in [0.5, 0.6) is 0 Å². The number of aromatic nitrogens is 1. The summed E-state index contributed by atoms with van der Waals surface area (Å²) in [6.07, 6.45) is 6.01. The van der Waals surface area contributed by atoms with Gasteiger partial charge in [-0.3, -0.25) is 4.98 Å². The van der Waals surface area contributed by atoms with Crippen molar-refractivity contribution in [1.82, 2.24) is 10.3 Å². The average molecular weight is 188 g/mol. The maximum absolute atomic E-state index is 4.41. The molecule has 0 saturated heterocycles. The molecule has 2 nitrogen and oxygen atoms in total. The lowest BCUT2D eigenvalue weighted by atomic mass is 10.2. The van der Waals surface area contributed by atoms with Gasteiger partial charge < -0.3 is 5.32 Å². The summed E-state index contributed by atoms with van der Waals surface area (Å²) in [5.41, 5.74) is 1.29. The van der Waals surface area contributed by atoms with Crippen molar-refractivity contribution in [2.45, 2.75) is 31.2 Å². The second kappa shape index (κ2) is 3.35. The molecule has 2 fully saturated rings. The van der Waals surface area contributed by atoms with Gasteiger partial charge in [0, 0.05) is 23.9 Å². The van der Waals surface area contributed by atoms with Crippen LogP contribution in [-0.2, 0) is 0 Å². The summed E-state index contributed by atoms with van der Waals surface area (Å²) in [7, 11) is 0. The molecular formula is C12H16N2. The van der Waals surface area contributed by atoms with Crippen molar-refractivity contribution in [2.24, 2.45) is 5.92 Å². The van der Waals surface area contributed by atoms with Gasteiger partial charge in [-0.2, -0.15) is 0 Å².